The first kappa shape index (κ1) is 16.2. The Morgan fingerprint density at radius 2 is 1.90 bits per heavy atom. The first-order valence-electron chi connectivity index (χ1n) is 6.62. The summed E-state index contributed by atoms with van der Waals surface area (Å²) >= 11 is 5.87. The number of carbonyl (C=O) groups excluding carboxylic acids is 1. The fraction of sp³-hybridized carbons (Fsp3) is 0.462. The summed E-state index contributed by atoms with van der Waals surface area (Å²) in [7, 11) is -2.33. The highest BCUT2D eigenvalue weighted by Crippen LogP contribution is 2.41. The minimum atomic E-state index is -3.61. The van der Waals surface area contributed by atoms with Crippen LogP contribution in [0.1, 0.15) is 24.8 Å². The first-order valence-corrected chi connectivity index (χ1v) is 8.48. The highest BCUT2D eigenvalue weighted by Gasteiger charge is 2.39. The molecular formula is C13H18ClN3O3S. The number of amides is 1. The van der Waals surface area contributed by atoms with Crippen molar-refractivity contribution in [2.45, 2.75) is 24.8 Å². The minimum Gasteiger partial charge on any atom is -0.345 e. The number of carbonyl (C=O) groups is 1. The second kappa shape index (κ2) is 6.31. The third kappa shape index (κ3) is 3.94. The van der Waals surface area contributed by atoms with Gasteiger partial charge in [-0.2, -0.15) is 13.1 Å². The van der Waals surface area contributed by atoms with Crippen molar-refractivity contribution in [3.05, 3.63) is 34.9 Å². The fourth-order valence-corrected chi connectivity index (χ4v) is 2.92. The zero-order valence-corrected chi connectivity index (χ0v) is 13.2. The molecule has 0 saturated heterocycles. The van der Waals surface area contributed by atoms with Gasteiger partial charge in [-0.1, -0.05) is 23.7 Å². The van der Waals surface area contributed by atoms with Crippen LogP contribution in [0.5, 0.6) is 0 Å². The standard InChI is InChI=1S/C13H18ClN3O3S/c1-15-21(19,20)16-9-12(18)17-13(7-2-8-13)10-3-5-11(14)6-4-10/h3-6,15-16H,2,7-9H2,1H3,(H,17,18). The Kier molecular flexibility index (Phi) is 4.88. The average molecular weight is 332 g/mol. The van der Waals surface area contributed by atoms with E-state index in [4.69, 9.17) is 11.6 Å². The summed E-state index contributed by atoms with van der Waals surface area (Å²) in [6.07, 6.45) is 2.68. The largest absolute Gasteiger partial charge is 0.345 e. The van der Waals surface area contributed by atoms with E-state index < -0.39 is 15.7 Å². The van der Waals surface area contributed by atoms with Gasteiger partial charge < -0.3 is 5.32 Å². The van der Waals surface area contributed by atoms with E-state index in [0.29, 0.717) is 5.02 Å². The number of benzene rings is 1. The second-order valence-corrected chi connectivity index (χ2v) is 7.16. The smallest absolute Gasteiger partial charge is 0.277 e. The molecule has 1 aromatic carbocycles. The Bertz CT molecular complexity index is 612. The van der Waals surface area contributed by atoms with Crippen molar-refractivity contribution in [1.29, 1.82) is 0 Å². The van der Waals surface area contributed by atoms with Crippen molar-refractivity contribution in [2.75, 3.05) is 13.6 Å². The van der Waals surface area contributed by atoms with Crippen LogP contribution in [0.4, 0.5) is 0 Å². The van der Waals surface area contributed by atoms with Crippen molar-refractivity contribution in [3.63, 3.8) is 0 Å². The Balaban J connectivity index is 2.02. The van der Waals surface area contributed by atoms with Crippen LogP contribution in [0.3, 0.4) is 0 Å². The molecule has 8 heteroatoms. The molecular weight excluding hydrogens is 314 g/mol. The van der Waals surface area contributed by atoms with Crippen molar-refractivity contribution >= 4 is 27.7 Å². The van der Waals surface area contributed by atoms with Crippen molar-refractivity contribution < 1.29 is 13.2 Å². The summed E-state index contributed by atoms with van der Waals surface area (Å²) in [4.78, 5) is 12.0. The molecule has 6 nitrogen and oxygen atoms in total. The number of hydrogen-bond acceptors (Lipinski definition) is 3. The van der Waals surface area contributed by atoms with Crippen LogP contribution in [0.15, 0.2) is 24.3 Å². The molecule has 1 aliphatic carbocycles. The van der Waals surface area contributed by atoms with E-state index in [1.165, 1.54) is 7.05 Å². The molecule has 0 bridgehead atoms. The summed E-state index contributed by atoms with van der Waals surface area (Å²) in [6, 6.07) is 7.35. The molecule has 1 fully saturated rings. The van der Waals surface area contributed by atoms with Crippen LogP contribution in [-0.2, 0) is 20.5 Å². The predicted molar refractivity (Wildman–Crippen MR) is 81.1 cm³/mol. The molecule has 2 rings (SSSR count). The zero-order chi connectivity index (χ0) is 15.5. The molecule has 1 amide bonds. The van der Waals surface area contributed by atoms with Crippen LogP contribution in [0.25, 0.3) is 0 Å². The number of nitrogens with one attached hydrogen (secondary N) is 3. The van der Waals surface area contributed by atoms with Gasteiger partial charge in [-0.15, -0.1) is 0 Å². The molecule has 0 spiro atoms. The first-order chi connectivity index (χ1) is 9.87. The molecule has 116 valence electrons. The van der Waals surface area contributed by atoms with Crippen LogP contribution in [-0.4, -0.2) is 27.9 Å². The van der Waals surface area contributed by atoms with Crippen LogP contribution < -0.4 is 14.8 Å². The monoisotopic (exact) mass is 331 g/mol. The van der Waals surface area contributed by atoms with Crippen molar-refractivity contribution in [2.24, 2.45) is 0 Å². The molecule has 0 aromatic heterocycles. The lowest BCUT2D eigenvalue weighted by atomic mass is 9.72. The van der Waals surface area contributed by atoms with Crippen LogP contribution >= 0.6 is 11.6 Å². The highest BCUT2D eigenvalue weighted by molar-refractivity contribution is 7.87. The number of hydrogen-bond donors (Lipinski definition) is 3. The molecule has 1 aliphatic rings. The molecule has 0 radical (unpaired) electrons. The van der Waals surface area contributed by atoms with E-state index >= 15 is 0 Å². The van der Waals surface area contributed by atoms with Crippen LogP contribution in [0.2, 0.25) is 5.02 Å². The molecule has 0 atom stereocenters. The normalized spacial score (nSPS) is 17.0. The summed E-state index contributed by atoms with van der Waals surface area (Å²) in [6.45, 7) is -0.293. The Hall–Kier alpha value is -1.15. The lowest BCUT2D eigenvalue weighted by molar-refractivity contribution is -0.123. The van der Waals surface area contributed by atoms with Gasteiger partial charge in [-0.05, 0) is 37.0 Å². The summed E-state index contributed by atoms with van der Waals surface area (Å²) < 4.78 is 26.7. The number of rotatable bonds is 6. The molecule has 3 N–H and O–H groups in total. The zero-order valence-electron chi connectivity index (χ0n) is 11.6. The van der Waals surface area contributed by atoms with Gasteiger partial charge in [0.2, 0.25) is 5.91 Å². The maximum absolute atomic E-state index is 12.0. The fourth-order valence-electron chi connectivity index (χ4n) is 2.33. The van der Waals surface area contributed by atoms with Gasteiger partial charge >= 0.3 is 0 Å². The third-order valence-electron chi connectivity index (χ3n) is 3.67. The van der Waals surface area contributed by atoms with Crippen LogP contribution in [0, 0.1) is 0 Å². The average Bonchev–Trinajstić information content (AvgIpc) is 2.42. The summed E-state index contributed by atoms with van der Waals surface area (Å²) in [5.41, 5.74) is 0.579. The topological polar surface area (TPSA) is 87.3 Å². The molecule has 0 heterocycles. The van der Waals surface area contributed by atoms with Crippen molar-refractivity contribution in [1.82, 2.24) is 14.8 Å². The minimum absolute atomic E-state index is 0.293. The van der Waals surface area contributed by atoms with E-state index in [-0.39, 0.29) is 12.5 Å². The molecule has 0 unspecified atom stereocenters. The van der Waals surface area contributed by atoms with E-state index in [1.807, 2.05) is 12.1 Å². The SMILES string of the molecule is CNS(=O)(=O)NCC(=O)NC1(c2ccc(Cl)cc2)CCC1. The van der Waals surface area contributed by atoms with E-state index in [2.05, 4.69) is 14.8 Å². The molecule has 1 aromatic rings. The molecule has 21 heavy (non-hydrogen) atoms. The highest BCUT2D eigenvalue weighted by atomic mass is 35.5. The molecule has 1 saturated carbocycles. The summed E-state index contributed by atoms with van der Waals surface area (Å²) in [5, 5.41) is 3.57. The summed E-state index contributed by atoms with van der Waals surface area (Å²) in [5.74, 6) is -0.358. The van der Waals surface area contributed by atoms with Gasteiger partial charge in [0.15, 0.2) is 0 Å². The van der Waals surface area contributed by atoms with Crippen molar-refractivity contribution in [3.8, 4) is 0 Å². The van der Waals surface area contributed by atoms with E-state index in [1.54, 1.807) is 12.1 Å². The molecule has 0 aliphatic heterocycles. The van der Waals surface area contributed by atoms with Gasteiger partial charge in [-0.3, -0.25) is 4.79 Å². The maximum Gasteiger partial charge on any atom is 0.277 e. The second-order valence-electron chi connectivity index (χ2n) is 5.02. The van der Waals surface area contributed by atoms with Gasteiger partial charge in [0.05, 0.1) is 12.1 Å². The van der Waals surface area contributed by atoms with Gasteiger partial charge in [0.1, 0.15) is 0 Å². The Morgan fingerprint density at radius 1 is 1.29 bits per heavy atom. The maximum atomic E-state index is 12.0. The lowest BCUT2D eigenvalue weighted by Crippen LogP contribution is -2.53. The number of halogens is 1. The lowest BCUT2D eigenvalue weighted by Gasteiger charge is -2.43. The Morgan fingerprint density at radius 3 is 2.38 bits per heavy atom. The van der Waals surface area contributed by atoms with Gasteiger partial charge in [-0.25, -0.2) is 4.72 Å². The van der Waals surface area contributed by atoms with Gasteiger partial charge in [0.25, 0.3) is 10.2 Å². The predicted octanol–water partition coefficient (Wildman–Crippen LogP) is 0.889. The van der Waals surface area contributed by atoms with Gasteiger partial charge in [0, 0.05) is 12.1 Å². The quantitative estimate of drug-likeness (QED) is 0.723. The third-order valence-corrected chi connectivity index (χ3v) is 4.99. The van der Waals surface area contributed by atoms with E-state index in [9.17, 15) is 13.2 Å². The van der Waals surface area contributed by atoms with E-state index in [0.717, 1.165) is 24.8 Å². The Labute approximate surface area is 129 Å².